The lowest BCUT2D eigenvalue weighted by Gasteiger charge is -2.25. The molecule has 9 heteroatoms. The minimum absolute atomic E-state index is 0.0612. The maximum Gasteiger partial charge on any atom is 0.472 e. The number of nitrogens with one attached hydrogen (secondary N) is 1. The van der Waals surface area contributed by atoms with Crippen molar-refractivity contribution in [3.8, 4) is 0 Å². The van der Waals surface area contributed by atoms with Crippen molar-refractivity contribution in [2.75, 3.05) is 40.9 Å². The lowest BCUT2D eigenvalue weighted by Crippen LogP contribution is -2.45. The number of phosphoric acid groups is 1. The van der Waals surface area contributed by atoms with E-state index in [1.807, 2.05) is 27.2 Å². The molecule has 3 N–H and O–H groups in total. The lowest BCUT2D eigenvalue weighted by atomic mass is 10.0. The van der Waals surface area contributed by atoms with Gasteiger partial charge in [-0.2, -0.15) is 0 Å². The highest BCUT2D eigenvalue weighted by atomic mass is 31.2. The summed E-state index contributed by atoms with van der Waals surface area (Å²) in [6.45, 7) is 4.81. The van der Waals surface area contributed by atoms with Crippen LogP contribution in [0.25, 0.3) is 0 Å². The second kappa shape index (κ2) is 47.1. The Bertz CT molecular complexity index is 1090. The molecule has 0 aromatic heterocycles. The van der Waals surface area contributed by atoms with Crippen LogP contribution < -0.4 is 5.32 Å². The van der Waals surface area contributed by atoms with Crippen molar-refractivity contribution in [2.24, 2.45) is 0 Å². The van der Waals surface area contributed by atoms with E-state index >= 15 is 0 Å². The maximum absolute atomic E-state index is 12.9. The quantitative estimate of drug-likeness (QED) is 0.0243. The number of quaternary nitrogens is 1. The third kappa shape index (κ3) is 48.9. The predicted octanol–water partition coefficient (Wildman–Crippen LogP) is 16.4. The van der Waals surface area contributed by atoms with Crippen molar-refractivity contribution in [3.63, 3.8) is 0 Å². The Balaban J connectivity index is 4.07. The van der Waals surface area contributed by atoms with Crippen molar-refractivity contribution in [1.29, 1.82) is 0 Å². The highest BCUT2D eigenvalue weighted by molar-refractivity contribution is 7.47. The zero-order valence-electron chi connectivity index (χ0n) is 43.3. The number of aliphatic hydroxyl groups excluding tert-OH is 1. The van der Waals surface area contributed by atoms with Crippen LogP contribution >= 0.6 is 7.82 Å². The number of hydrogen-bond acceptors (Lipinski definition) is 5. The number of unbranched alkanes of at least 4 members (excludes halogenated alkanes) is 36. The summed E-state index contributed by atoms with van der Waals surface area (Å²) in [4.78, 5) is 23.2. The third-order valence-corrected chi connectivity index (χ3v) is 13.6. The van der Waals surface area contributed by atoms with Gasteiger partial charge in [0.1, 0.15) is 13.2 Å². The molecule has 0 saturated carbocycles. The van der Waals surface area contributed by atoms with Gasteiger partial charge in [0.15, 0.2) is 0 Å². The summed E-state index contributed by atoms with van der Waals surface area (Å²) in [5.74, 6) is -0.185. The van der Waals surface area contributed by atoms with E-state index in [4.69, 9.17) is 9.05 Å². The van der Waals surface area contributed by atoms with Gasteiger partial charge in [-0.3, -0.25) is 13.8 Å². The van der Waals surface area contributed by atoms with Crippen LogP contribution in [-0.2, 0) is 18.4 Å². The molecule has 0 bridgehead atoms. The zero-order valence-corrected chi connectivity index (χ0v) is 44.2. The number of likely N-dealkylation sites (N-methyl/N-ethyl adjacent to an activating group) is 1. The van der Waals surface area contributed by atoms with Crippen LogP contribution in [0, 0.1) is 0 Å². The first kappa shape index (κ1) is 63.0. The fourth-order valence-corrected chi connectivity index (χ4v) is 9.01. The number of phosphoric ester groups is 1. The number of nitrogens with zero attached hydrogens (tertiary/aromatic N) is 1. The standard InChI is InChI=1S/C55H109N2O6P/c1-6-8-10-12-14-16-18-20-21-22-23-24-25-26-27-28-29-30-31-32-33-34-35-36-37-38-40-42-44-46-48-54(58)53(52-63-64(60,61)62-51-50-57(3,4)5)56-55(59)49-47-45-43-41-39-19-17-15-13-11-9-7-2/h15,17,46,48,53-54,58H,6-14,16,18-45,47,49-52H2,1-5H3,(H-,56,59,60,61)/p+1/b17-15-,48-46+. The van der Waals surface area contributed by atoms with Crippen molar-refractivity contribution < 1.29 is 32.9 Å². The maximum atomic E-state index is 12.9. The number of amides is 1. The average molecular weight is 926 g/mol. The monoisotopic (exact) mass is 926 g/mol. The van der Waals surface area contributed by atoms with Gasteiger partial charge >= 0.3 is 7.82 Å². The molecular weight excluding hydrogens is 816 g/mol. The number of allylic oxidation sites excluding steroid dienone is 3. The average Bonchev–Trinajstić information content (AvgIpc) is 3.25. The molecule has 380 valence electrons. The number of carbonyl (C=O) groups is 1. The normalized spacial score (nSPS) is 14.2. The molecule has 0 aliphatic heterocycles. The first-order valence-electron chi connectivity index (χ1n) is 27.7. The minimum atomic E-state index is -4.34. The van der Waals surface area contributed by atoms with Gasteiger partial charge in [-0.15, -0.1) is 0 Å². The summed E-state index contributed by atoms with van der Waals surface area (Å²) in [5.41, 5.74) is 0. The molecule has 0 aliphatic rings. The molecule has 64 heavy (non-hydrogen) atoms. The van der Waals surface area contributed by atoms with Crippen LogP contribution in [0.15, 0.2) is 24.3 Å². The van der Waals surface area contributed by atoms with E-state index in [0.717, 1.165) is 51.4 Å². The van der Waals surface area contributed by atoms with Gasteiger partial charge in [-0.25, -0.2) is 4.57 Å². The van der Waals surface area contributed by atoms with Crippen LogP contribution in [-0.4, -0.2) is 73.4 Å². The highest BCUT2D eigenvalue weighted by Gasteiger charge is 2.27. The number of carbonyl (C=O) groups excluding carboxylic acids is 1. The van der Waals surface area contributed by atoms with E-state index in [-0.39, 0.29) is 19.1 Å². The summed E-state index contributed by atoms with van der Waals surface area (Å²) in [7, 11) is 1.57. The van der Waals surface area contributed by atoms with Gasteiger partial charge in [0.25, 0.3) is 0 Å². The molecule has 0 heterocycles. The van der Waals surface area contributed by atoms with Gasteiger partial charge in [0, 0.05) is 6.42 Å². The SMILES string of the molecule is CCCCC/C=C\CCCCCCCC(=O)NC(COP(=O)(O)OCC[N+](C)(C)C)C(O)/C=C/CCCCCCCCCCCCCCCCCCCCCCCCCCCCCC. The third-order valence-electron chi connectivity index (χ3n) is 12.7. The molecule has 0 spiro atoms. The summed E-state index contributed by atoms with van der Waals surface area (Å²) in [6.07, 6.45) is 58.6. The second-order valence-electron chi connectivity index (χ2n) is 20.3. The number of aliphatic hydroxyl groups is 1. The zero-order chi connectivity index (χ0) is 47.1. The molecule has 8 nitrogen and oxygen atoms in total. The van der Waals surface area contributed by atoms with Crippen molar-refractivity contribution in [2.45, 2.75) is 283 Å². The van der Waals surface area contributed by atoms with Gasteiger partial charge in [0.2, 0.25) is 5.91 Å². The Morgan fingerprint density at radius 1 is 0.516 bits per heavy atom. The van der Waals surface area contributed by atoms with Crippen LogP contribution in [0.1, 0.15) is 271 Å². The summed E-state index contributed by atoms with van der Waals surface area (Å²) in [6, 6.07) is -0.848. The van der Waals surface area contributed by atoms with Gasteiger partial charge in [-0.05, 0) is 44.9 Å². The molecule has 0 fully saturated rings. The van der Waals surface area contributed by atoms with Gasteiger partial charge < -0.3 is 19.8 Å². The van der Waals surface area contributed by atoms with E-state index in [9.17, 15) is 19.4 Å². The topological polar surface area (TPSA) is 105 Å². The highest BCUT2D eigenvalue weighted by Crippen LogP contribution is 2.43. The first-order chi connectivity index (χ1) is 31.0. The molecule has 1 amide bonds. The molecular formula is C55H110N2O6P+. The number of hydrogen-bond donors (Lipinski definition) is 3. The predicted molar refractivity (Wildman–Crippen MR) is 277 cm³/mol. The lowest BCUT2D eigenvalue weighted by molar-refractivity contribution is -0.870. The largest absolute Gasteiger partial charge is 0.472 e. The molecule has 3 unspecified atom stereocenters. The number of rotatable bonds is 51. The summed E-state index contributed by atoms with van der Waals surface area (Å²) in [5, 5.41) is 13.9. The van der Waals surface area contributed by atoms with Crippen LogP contribution in [0.3, 0.4) is 0 Å². The Morgan fingerprint density at radius 3 is 1.23 bits per heavy atom. The van der Waals surface area contributed by atoms with E-state index in [2.05, 4.69) is 31.3 Å². The van der Waals surface area contributed by atoms with Crippen LogP contribution in [0.2, 0.25) is 0 Å². The Kier molecular flexibility index (Phi) is 46.3. The molecule has 0 aliphatic carbocycles. The Hall–Kier alpha value is -1.02. The summed E-state index contributed by atoms with van der Waals surface area (Å²) >= 11 is 0. The molecule has 3 atom stereocenters. The van der Waals surface area contributed by atoms with Gasteiger partial charge in [0.05, 0.1) is 39.9 Å². The van der Waals surface area contributed by atoms with Crippen LogP contribution in [0.4, 0.5) is 0 Å². The molecule has 0 saturated heterocycles. The molecule has 0 radical (unpaired) electrons. The fraction of sp³-hybridized carbons (Fsp3) is 0.909. The minimum Gasteiger partial charge on any atom is -0.387 e. The first-order valence-corrected chi connectivity index (χ1v) is 29.2. The van der Waals surface area contributed by atoms with E-state index in [1.54, 1.807) is 6.08 Å². The van der Waals surface area contributed by atoms with Crippen molar-refractivity contribution in [3.05, 3.63) is 24.3 Å². The smallest absolute Gasteiger partial charge is 0.387 e. The molecule has 0 rings (SSSR count). The Labute approximate surface area is 398 Å². The van der Waals surface area contributed by atoms with E-state index in [1.165, 1.54) is 199 Å². The van der Waals surface area contributed by atoms with Crippen LogP contribution in [0.5, 0.6) is 0 Å². The van der Waals surface area contributed by atoms with E-state index < -0.39 is 20.0 Å². The van der Waals surface area contributed by atoms with Crippen molar-refractivity contribution >= 4 is 13.7 Å². The molecule has 0 aromatic rings. The fourth-order valence-electron chi connectivity index (χ4n) is 8.27. The van der Waals surface area contributed by atoms with Crippen molar-refractivity contribution in [1.82, 2.24) is 5.32 Å². The van der Waals surface area contributed by atoms with Gasteiger partial charge in [-0.1, -0.05) is 244 Å². The Morgan fingerprint density at radius 2 is 0.844 bits per heavy atom. The summed E-state index contributed by atoms with van der Waals surface area (Å²) < 4.78 is 23.6. The molecule has 0 aromatic carbocycles. The second-order valence-corrected chi connectivity index (χ2v) is 21.8. The van der Waals surface area contributed by atoms with E-state index in [0.29, 0.717) is 17.4 Å².